The zero-order valence-electron chi connectivity index (χ0n) is 10.9. The number of non-ortho nitro benzene ring substituents is 1. The third kappa shape index (κ3) is 2.20. The summed E-state index contributed by atoms with van der Waals surface area (Å²) >= 11 is 1.85. The maximum atomic E-state index is 10.9. The number of fused-ring (bicyclic) bond motifs is 1. The van der Waals surface area contributed by atoms with Gasteiger partial charge in [0, 0.05) is 17.4 Å². The van der Waals surface area contributed by atoms with E-state index in [-0.39, 0.29) is 11.2 Å². The molecule has 0 spiro atoms. The number of hydrogen-bond acceptors (Lipinski definition) is 7. The molecule has 1 aliphatic rings. The normalized spacial score (nSPS) is 22.2. The highest BCUT2D eigenvalue weighted by Crippen LogP contribution is 2.34. The Hall–Kier alpha value is -1.83. The van der Waals surface area contributed by atoms with Crippen LogP contribution in [0.2, 0.25) is 0 Å². The summed E-state index contributed by atoms with van der Waals surface area (Å²) in [6.07, 6.45) is 5.57. The van der Waals surface area contributed by atoms with Crippen molar-refractivity contribution >= 4 is 34.2 Å². The number of thioether (sulfide) groups is 1. The van der Waals surface area contributed by atoms with Gasteiger partial charge in [-0.25, -0.2) is 4.63 Å². The molecule has 0 saturated heterocycles. The van der Waals surface area contributed by atoms with Crippen molar-refractivity contribution in [2.75, 3.05) is 11.6 Å². The predicted molar refractivity (Wildman–Crippen MR) is 77.0 cm³/mol. The standard InChI is InChI=1S/C12H14N4O3S/c1-20-10-4-2-3-7(10)13-8-5-6-9(16(17)18)12-11(8)14-19-15-12/h5-7,10,13H,2-4H2,1H3. The van der Waals surface area contributed by atoms with Crippen LogP contribution in [0.25, 0.3) is 11.0 Å². The van der Waals surface area contributed by atoms with E-state index in [1.807, 2.05) is 11.8 Å². The summed E-state index contributed by atoms with van der Waals surface area (Å²) in [6.45, 7) is 0. The number of aromatic nitrogens is 2. The zero-order valence-corrected chi connectivity index (χ0v) is 11.7. The Morgan fingerprint density at radius 2 is 2.20 bits per heavy atom. The average Bonchev–Trinajstić information content (AvgIpc) is 3.06. The van der Waals surface area contributed by atoms with Crippen LogP contribution in [0.1, 0.15) is 19.3 Å². The van der Waals surface area contributed by atoms with Crippen molar-refractivity contribution in [3.63, 3.8) is 0 Å². The molecule has 2 aromatic rings. The number of nitrogens with one attached hydrogen (secondary N) is 1. The number of nitrogens with zero attached hydrogens (tertiary/aromatic N) is 3. The Balaban J connectivity index is 1.95. The van der Waals surface area contributed by atoms with E-state index in [0.29, 0.717) is 16.8 Å². The second-order valence-electron chi connectivity index (χ2n) is 4.81. The molecule has 0 amide bonds. The van der Waals surface area contributed by atoms with E-state index in [9.17, 15) is 10.1 Å². The molecule has 1 aromatic carbocycles. The fourth-order valence-electron chi connectivity index (χ4n) is 2.69. The van der Waals surface area contributed by atoms with Gasteiger partial charge in [-0.1, -0.05) is 6.42 Å². The smallest absolute Gasteiger partial charge is 0.300 e. The van der Waals surface area contributed by atoms with Crippen LogP contribution in [0.4, 0.5) is 11.4 Å². The minimum absolute atomic E-state index is 0.0837. The molecule has 2 atom stereocenters. The van der Waals surface area contributed by atoms with Crippen LogP contribution in [-0.2, 0) is 0 Å². The lowest BCUT2D eigenvalue weighted by atomic mass is 10.2. The summed E-state index contributed by atoms with van der Waals surface area (Å²) in [5, 5.41) is 22.4. The van der Waals surface area contributed by atoms with E-state index >= 15 is 0 Å². The first-order chi connectivity index (χ1) is 9.70. The molecule has 0 radical (unpaired) electrons. The Kier molecular flexibility index (Phi) is 3.47. The van der Waals surface area contributed by atoms with Crippen LogP contribution in [0.3, 0.4) is 0 Å². The van der Waals surface area contributed by atoms with Crippen LogP contribution < -0.4 is 5.32 Å². The van der Waals surface area contributed by atoms with Crippen molar-refractivity contribution in [2.24, 2.45) is 0 Å². The first-order valence-electron chi connectivity index (χ1n) is 6.39. The maximum Gasteiger partial charge on any atom is 0.300 e. The number of benzene rings is 1. The molecule has 1 fully saturated rings. The molecule has 1 aliphatic carbocycles. The van der Waals surface area contributed by atoms with Crippen molar-refractivity contribution in [1.29, 1.82) is 0 Å². The molecule has 1 aromatic heterocycles. The number of anilines is 1. The fraction of sp³-hybridized carbons (Fsp3) is 0.500. The van der Waals surface area contributed by atoms with E-state index in [0.717, 1.165) is 12.1 Å². The molecule has 20 heavy (non-hydrogen) atoms. The first-order valence-corrected chi connectivity index (χ1v) is 7.68. The second-order valence-corrected chi connectivity index (χ2v) is 5.88. The van der Waals surface area contributed by atoms with Crippen molar-refractivity contribution < 1.29 is 9.55 Å². The molecule has 1 saturated carbocycles. The Labute approximate surface area is 119 Å². The van der Waals surface area contributed by atoms with Crippen molar-refractivity contribution in [3.8, 4) is 0 Å². The van der Waals surface area contributed by atoms with E-state index in [4.69, 9.17) is 0 Å². The summed E-state index contributed by atoms with van der Waals surface area (Å²) in [7, 11) is 0. The lowest BCUT2D eigenvalue weighted by Crippen LogP contribution is -2.25. The van der Waals surface area contributed by atoms with Gasteiger partial charge >= 0.3 is 5.69 Å². The number of nitro groups is 1. The summed E-state index contributed by atoms with van der Waals surface area (Å²) in [4.78, 5) is 10.5. The summed E-state index contributed by atoms with van der Waals surface area (Å²) in [5.41, 5.74) is 1.28. The molecule has 3 rings (SSSR count). The molecule has 0 bridgehead atoms. The largest absolute Gasteiger partial charge is 0.379 e. The average molecular weight is 294 g/mol. The lowest BCUT2D eigenvalue weighted by molar-refractivity contribution is -0.383. The van der Waals surface area contributed by atoms with E-state index in [2.05, 4.69) is 26.5 Å². The Morgan fingerprint density at radius 3 is 2.95 bits per heavy atom. The van der Waals surface area contributed by atoms with Gasteiger partial charge in [-0.15, -0.1) is 0 Å². The van der Waals surface area contributed by atoms with Crippen LogP contribution in [-0.4, -0.2) is 32.8 Å². The monoisotopic (exact) mass is 294 g/mol. The van der Waals surface area contributed by atoms with Gasteiger partial charge < -0.3 is 5.32 Å². The zero-order chi connectivity index (χ0) is 14.1. The van der Waals surface area contributed by atoms with Crippen LogP contribution in [0, 0.1) is 10.1 Å². The maximum absolute atomic E-state index is 10.9. The first kappa shape index (κ1) is 13.2. The van der Waals surface area contributed by atoms with Gasteiger partial charge in [-0.05, 0) is 35.5 Å². The predicted octanol–water partition coefficient (Wildman–Crippen LogP) is 2.83. The van der Waals surface area contributed by atoms with Crippen molar-refractivity contribution in [3.05, 3.63) is 22.2 Å². The fourth-order valence-corrected chi connectivity index (χ4v) is 3.63. The van der Waals surface area contributed by atoms with E-state index < -0.39 is 4.92 Å². The third-order valence-corrected chi connectivity index (χ3v) is 4.86. The minimum Gasteiger partial charge on any atom is -0.379 e. The van der Waals surface area contributed by atoms with Crippen LogP contribution >= 0.6 is 11.8 Å². The van der Waals surface area contributed by atoms with E-state index in [1.165, 1.54) is 18.9 Å². The molecule has 2 unspecified atom stereocenters. The molecule has 8 heteroatoms. The van der Waals surface area contributed by atoms with Gasteiger partial charge in [-0.3, -0.25) is 10.1 Å². The second kappa shape index (κ2) is 5.28. The molecular formula is C12H14N4O3S. The highest BCUT2D eigenvalue weighted by atomic mass is 32.2. The molecule has 106 valence electrons. The molecular weight excluding hydrogens is 280 g/mol. The third-order valence-electron chi connectivity index (χ3n) is 3.69. The van der Waals surface area contributed by atoms with Gasteiger partial charge in [0.05, 0.1) is 10.6 Å². The molecule has 0 aliphatic heterocycles. The summed E-state index contributed by atoms with van der Waals surface area (Å²) < 4.78 is 4.66. The SMILES string of the molecule is CSC1CCCC1Nc1ccc([N+](=O)[O-])c2nonc12. The quantitative estimate of drug-likeness (QED) is 0.684. The van der Waals surface area contributed by atoms with Crippen LogP contribution in [0.5, 0.6) is 0 Å². The highest BCUT2D eigenvalue weighted by Gasteiger charge is 2.28. The summed E-state index contributed by atoms with van der Waals surface area (Å²) in [6, 6.07) is 3.48. The Morgan fingerprint density at radius 1 is 1.40 bits per heavy atom. The van der Waals surface area contributed by atoms with Crippen LogP contribution in [0.15, 0.2) is 16.8 Å². The molecule has 7 nitrogen and oxygen atoms in total. The van der Waals surface area contributed by atoms with Gasteiger partial charge in [0.2, 0.25) is 5.52 Å². The minimum atomic E-state index is -0.476. The van der Waals surface area contributed by atoms with Gasteiger partial charge in [0.25, 0.3) is 0 Å². The van der Waals surface area contributed by atoms with Gasteiger partial charge in [0.15, 0.2) is 5.52 Å². The number of nitro benzene ring substituents is 1. The molecule has 1 N–H and O–H groups in total. The lowest BCUT2D eigenvalue weighted by Gasteiger charge is -2.20. The van der Waals surface area contributed by atoms with Gasteiger partial charge in [-0.2, -0.15) is 11.8 Å². The summed E-state index contributed by atoms with van der Waals surface area (Å²) in [5.74, 6) is 0. The van der Waals surface area contributed by atoms with Crippen molar-refractivity contribution in [1.82, 2.24) is 10.3 Å². The van der Waals surface area contributed by atoms with E-state index in [1.54, 1.807) is 6.07 Å². The number of rotatable bonds is 4. The van der Waals surface area contributed by atoms with Crippen molar-refractivity contribution in [2.45, 2.75) is 30.6 Å². The highest BCUT2D eigenvalue weighted by molar-refractivity contribution is 7.99. The van der Waals surface area contributed by atoms with Gasteiger partial charge in [0.1, 0.15) is 0 Å². The molecule has 1 heterocycles. The topological polar surface area (TPSA) is 94.1 Å². The Bertz CT molecular complexity index is 645. The number of hydrogen-bond donors (Lipinski definition) is 1.